The Morgan fingerprint density at radius 3 is 2.64 bits per heavy atom. The summed E-state index contributed by atoms with van der Waals surface area (Å²) >= 11 is 3.58. The summed E-state index contributed by atoms with van der Waals surface area (Å²) in [6.45, 7) is 0.939. The highest BCUT2D eigenvalue weighted by molar-refractivity contribution is 9.10. The minimum Gasteiger partial charge on any atom is -0.369 e. The van der Waals surface area contributed by atoms with E-state index in [1.165, 1.54) is 12.8 Å². The topological polar surface area (TPSA) is 73.6 Å². The zero-order valence-electron chi connectivity index (χ0n) is 13.5. The summed E-state index contributed by atoms with van der Waals surface area (Å²) < 4.78 is 0.935. The molecule has 5 nitrogen and oxygen atoms in total. The van der Waals surface area contributed by atoms with Gasteiger partial charge in [-0.3, -0.25) is 0 Å². The first-order valence-electron chi connectivity index (χ1n) is 8.20. The number of halogens is 1. The SMILES string of the molecule is N#Cc1ccc(Nc2nc(NCC3CC3)c3cccc(Br)c3n2)cc1. The van der Waals surface area contributed by atoms with Gasteiger partial charge in [-0.25, -0.2) is 4.98 Å². The van der Waals surface area contributed by atoms with Crippen molar-refractivity contribution in [2.45, 2.75) is 12.8 Å². The first-order chi connectivity index (χ1) is 12.2. The second-order valence-electron chi connectivity index (χ2n) is 6.17. The molecule has 1 aliphatic carbocycles. The van der Waals surface area contributed by atoms with Crippen LogP contribution in [-0.2, 0) is 0 Å². The van der Waals surface area contributed by atoms with Crippen LogP contribution in [0.5, 0.6) is 0 Å². The van der Waals surface area contributed by atoms with Gasteiger partial charge in [-0.1, -0.05) is 6.07 Å². The van der Waals surface area contributed by atoms with Crippen molar-refractivity contribution in [3.63, 3.8) is 0 Å². The van der Waals surface area contributed by atoms with Crippen molar-refractivity contribution in [2.24, 2.45) is 5.92 Å². The molecule has 4 rings (SSSR count). The van der Waals surface area contributed by atoms with Crippen LogP contribution in [0.3, 0.4) is 0 Å². The maximum Gasteiger partial charge on any atom is 0.229 e. The normalized spacial score (nSPS) is 13.4. The summed E-state index contributed by atoms with van der Waals surface area (Å²) in [5.74, 6) is 2.13. The zero-order valence-corrected chi connectivity index (χ0v) is 15.0. The third-order valence-electron chi connectivity index (χ3n) is 4.20. The number of nitriles is 1. The molecule has 0 bridgehead atoms. The highest BCUT2D eigenvalue weighted by Gasteiger charge is 2.21. The van der Waals surface area contributed by atoms with Gasteiger partial charge in [0, 0.05) is 22.1 Å². The minimum absolute atomic E-state index is 0.530. The number of hydrogen-bond acceptors (Lipinski definition) is 5. The fraction of sp³-hybridized carbons (Fsp3) is 0.211. The number of aromatic nitrogens is 2. The van der Waals surface area contributed by atoms with Crippen molar-refractivity contribution in [1.82, 2.24) is 9.97 Å². The number of nitrogens with zero attached hydrogens (tertiary/aromatic N) is 3. The molecule has 124 valence electrons. The van der Waals surface area contributed by atoms with E-state index in [1.807, 2.05) is 30.3 Å². The number of fused-ring (bicyclic) bond motifs is 1. The van der Waals surface area contributed by atoms with Crippen LogP contribution in [-0.4, -0.2) is 16.5 Å². The molecule has 2 N–H and O–H groups in total. The smallest absolute Gasteiger partial charge is 0.229 e. The van der Waals surface area contributed by atoms with Gasteiger partial charge in [0.25, 0.3) is 0 Å². The van der Waals surface area contributed by atoms with E-state index in [0.29, 0.717) is 11.5 Å². The Morgan fingerprint density at radius 1 is 1.12 bits per heavy atom. The van der Waals surface area contributed by atoms with Crippen molar-refractivity contribution in [3.8, 4) is 6.07 Å². The lowest BCUT2D eigenvalue weighted by Crippen LogP contribution is -2.08. The van der Waals surface area contributed by atoms with Crippen molar-refractivity contribution < 1.29 is 0 Å². The largest absolute Gasteiger partial charge is 0.369 e. The van der Waals surface area contributed by atoms with E-state index in [2.05, 4.69) is 42.6 Å². The molecule has 0 atom stereocenters. The molecule has 0 amide bonds. The Kier molecular flexibility index (Phi) is 4.24. The third kappa shape index (κ3) is 3.57. The first-order valence-corrected chi connectivity index (χ1v) is 8.99. The number of anilines is 3. The molecule has 25 heavy (non-hydrogen) atoms. The van der Waals surface area contributed by atoms with Gasteiger partial charge in [-0.15, -0.1) is 0 Å². The summed E-state index contributed by atoms with van der Waals surface area (Å²) in [6.07, 6.45) is 2.58. The molecule has 1 aromatic heterocycles. The summed E-state index contributed by atoms with van der Waals surface area (Å²) in [5, 5.41) is 16.6. The van der Waals surface area contributed by atoms with E-state index in [0.717, 1.165) is 39.3 Å². The van der Waals surface area contributed by atoms with Crippen LogP contribution in [0, 0.1) is 17.2 Å². The molecule has 0 radical (unpaired) electrons. The Hall–Kier alpha value is -2.65. The molecule has 1 saturated carbocycles. The van der Waals surface area contributed by atoms with E-state index < -0.39 is 0 Å². The van der Waals surface area contributed by atoms with Crippen LogP contribution in [0.1, 0.15) is 18.4 Å². The summed E-state index contributed by atoms with van der Waals surface area (Å²) in [5.41, 5.74) is 2.34. The van der Waals surface area contributed by atoms with E-state index in [4.69, 9.17) is 5.26 Å². The molecule has 1 heterocycles. The monoisotopic (exact) mass is 393 g/mol. The van der Waals surface area contributed by atoms with Crippen molar-refractivity contribution >= 4 is 44.3 Å². The van der Waals surface area contributed by atoms with Gasteiger partial charge in [0.05, 0.1) is 17.1 Å². The summed E-state index contributed by atoms with van der Waals surface area (Å²) in [7, 11) is 0. The van der Waals surface area contributed by atoms with Gasteiger partial charge >= 0.3 is 0 Å². The molecule has 6 heteroatoms. The van der Waals surface area contributed by atoms with Gasteiger partial charge in [-0.2, -0.15) is 10.2 Å². The maximum absolute atomic E-state index is 8.90. The van der Waals surface area contributed by atoms with Gasteiger partial charge < -0.3 is 10.6 Å². The molecule has 0 aliphatic heterocycles. The molecule has 0 spiro atoms. The van der Waals surface area contributed by atoms with Crippen LogP contribution in [0.4, 0.5) is 17.5 Å². The Balaban J connectivity index is 1.69. The van der Waals surface area contributed by atoms with Crippen LogP contribution in [0.2, 0.25) is 0 Å². The minimum atomic E-state index is 0.530. The van der Waals surface area contributed by atoms with Crippen LogP contribution in [0.15, 0.2) is 46.9 Å². The Morgan fingerprint density at radius 2 is 1.92 bits per heavy atom. The van der Waals surface area contributed by atoms with E-state index in [9.17, 15) is 0 Å². The van der Waals surface area contributed by atoms with Crippen molar-refractivity contribution in [1.29, 1.82) is 5.26 Å². The second-order valence-corrected chi connectivity index (χ2v) is 7.02. The van der Waals surface area contributed by atoms with Gasteiger partial charge in [0.15, 0.2) is 0 Å². The van der Waals surface area contributed by atoms with E-state index in [1.54, 1.807) is 12.1 Å². The fourth-order valence-electron chi connectivity index (χ4n) is 2.63. The molecule has 0 saturated heterocycles. The summed E-state index contributed by atoms with van der Waals surface area (Å²) in [6, 6.07) is 15.4. The standard InChI is InChI=1S/C19H16BrN5/c20-16-3-1-2-15-17(16)24-19(25-18(15)22-11-13-4-5-13)23-14-8-6-12(10-21)7-9-14/h1-3,6-9,13H,4-5,11H2,(H2,22,23,24,25). The highest BCUT2D eigenvalue weighted by Crippen LogP contribution is 2.32. The first kappa shape index (κ1) is 15.9. The predicted molar refractivity (Wildman–Crippen MR) is 103 cm³/mol. The zero-order chi connectivity index (χ0) is 17.2. The number of nitrogens with one attached hydrogen (secondary N) is 2. The average molecular weight is 394 g/mol. The van der Waals surface area contributed by atoms with Crippen LogP contribution >= 0.6 is 15.9 Å². The number of para-hydroxylation sites is 1. The highest BCUT2D eigenvalue weighted by atomic mass is 79.9. The van der Waals surface area contributed by atoms with Gasteiger partial charge in [-0.05, 0) is 71.1 Å². The molecule has 1 fully saturated rings. The van der Waals surface area contributed by atoms with E-state index >= 15 is 0 Å². The molecule has 1 aliphatic rings. The van der Waals surface area contributed by atoms with Crippen LogP contribution in [0.25, 0.3) is 10.9 Å². The van der Waals surface area contributed by atoms with Crippen LogP contribution < -0.4 is 10.6 Å². The quantitative estimate of drug-likeness (QED) is 0.649. The fourth-order valence-corrected chi connectivity index (χ4v) is 3.08. The van der Waals surface area contributed by atoms with Gasteiger partial charge in [0.1, 0.15) is 5.82 Å². The molecule has 0 unspecified atom stereocenters. The van der Waals surface area contributed by atoms with Crippen molar-refractivity contribution in [3.05, 3.63) is 52.5 Å². The Labute approximate surface area is 154 Å². The van der Waals surface area contributed by atoms with E-state index in [-0.39, 0.29) is 0 Å². The third-order valence-corrected chi connectivity index (χ3v) is 4.84. The molecular weight excluding hydrogens is 378 g/mol. The molecular formula is C19H16BrN5. The predicted octanol–water partition coefficient (Wildman–Crippen LogP) is 4.83. The van der Waals surface area contributed by atoms with Gasteiger partial charge in [0.2, 0.25) is 5.95 Å². The molecule has 3 aromatic rings. The maximum atomic E-state index is 8.90. The lowest BCUT2D eigenvalue weighted by atomic mass is 10.2. The van der Waals surface area contributed by atoms with Crippen molar-refractivity contribution in [2.75, 3.05) is 17.2 Å². The lowest BCUT2D eigenvalue weighted by molar-refractivity contribution is 0.884. The lowest BCUT2D eigenvalue weighted by Gasteiger charge is -2.12. The number of benzene rings is 2. The summed E-state index contributed by atoms with van der Waals surface area (Å²) in [4.78, 5) is 9.30. The second kappa shape index (κ2) is 6.69. The average Bonchev–Trinajstić information content (AvgIpc) is 3.46. The Bertz CT molecular complexity index is 958. The number of hydrogen-bond donors (Lipinski definition) is 2. The molecule has 2 aromatic carbocycles. The number of rotatable bonds is 5.